The zero-order chi connectivity index (χ0) is 14.2. The van der Waals surface area contributed by atoms with Crippen LogP contribution in [0.4, 0.5) is 5.69 Å². The lowest BCUT2D eigenvalue weighted by Gasteiger charge is -2.37. The van der Waals surface area contributed by atoms with Crippen molar-refractivity contribution in [2.45, 2.75) is 31.7 Å². The molecular weight excluding hydrogens is 258 g/mol. The van der Waals surface area contributed by atoms with E-state index < -0.39 is 0 Å². The first-order chi connectivity index (χ1) is 10.3. The van der Waals surface area contributed by atoms with E-state index in [-0.39, 0.29) is 0 Å². The molecule has 2 aromatic carbocycles. The molecule has 0 saturated heterocycles. The minimum atomic E-state index is 0.583. The zero-order valence-electron chi connectivity index (χ0n) is 12.1. The summed E-state index contributed by atoms with van der Waals surface area (Å²) in [6.45, 7) is 2.16. The van der Waals surface area contributed by atoms with Crippen molar-refractivity contribution >= 4 is 16.6 Å². The minimum absolute atomic E-state index is 0.583. The topological polar surface area (TPSA) is 40.7 Å². The average molecular weight is 277 g/mol. The molecule has 1 aromatic heterocycles. The van der Waals surface area contributed by atoms with Crippen molar-refractivity contribution in [2.75, 3.05) is 5.32 Å². The second-order valence-electron chi connectivity index (χ2n) is 6.10. The van der Waals surface area contributed by atoms with Gasteiger partial charge in [-0.15, -0.1) is 0 Å². The zero-order valence-corrected chi connectivity index (χ0v) is 12.1. The van der Waals surface area contributed by atoms with Gasteiger partial charge in [0.2, 0.25) is 0 Å². The van der Waals surface area contributed by atoms with Crippen LogP contribution in [0.15, 0.2) is 48.7 Å². The summed E-state index contributed by atoms with van der Waals surface area (Å²) in [4.78, 5) is 0. The summed E-state index contributed by atoms with van der Waals surface area (Å²) in [5.74, 6) is 0.708. The first-order valence-corrected chi connectivity index (χ1v) is 7.54. The number of fused-ring (bicyclic) bond motifs is 1. The molecule has 1 saturated carbocycles. The second kappa shape index (κ2) is 4.92. The molecule has 1 aliphatic rings. The molecule has 0 atom stereocenters. The Bertz CT molecular complexity index is 769. The number of anilines is 1. The smallest absolute Gasteiger partial charge is 0.0651 e. The third kappa shape index (κ3) is 2.40. The van der Waals surface area contributed by atoms with Gasteiger partial charge in [0.15, 0.2) is 0 Å². The van der Waals surface area contributed by atoms with Crippen LogP contribution in [-0.4, -0.2) is 16.2 Å². The number of nitrogens with zero attached hydrogens (tertiary/aromatic N) is 1. The molecule has 3 nitrogen and oxygen atoms in total. The Morgan fingerprint density at radius 1 is 1.14 bits per heavy atom. The van der Waals surface area contributed by atoms with E-state index in [1.54, 1.807) is 0 Å². The normalized spacial score (nSPS) is 21.2. The van der Waals surface area contributed by atoms with Crippen molar-refractivity contribution in [1.29, 1.82) is 0 Å². The molecule has 2 N–H and O–H groups in total. The fourth-order valence-electron chi connectivity index (χ4n) is 3.20. The first kappa shape index (κ1) is 12.5. The van der Waals surface area contributed by atoms with Gasteiger partial charge in [-0.05, 0) is 49.4 Å². The SMILES string of the molecule is Cc1cccc(C2CC(Nc3ccc4[nH]ncc4c3)C2)c1. The third-order valence-corrected chi connectivity index (χ3v) is 4.46. The van der Waals surface area contributed by atoms with Gasteiger partial charge in [-0.25, -0.2) is 0 Å². The van der Waals surface area contributed by atoms with E-state index in [4.69, 9.17) is 0 Å². The van der Waals surface area contributed by atoms with Crippen LogP contribution < -0.4 is 5.32 Å². The van der Waals surface area contributed by atoms with Crippen molar-refractivity contribution in [1.82, 2.24) is 10.2 Å². The molecule has 4 rings (SSSR count). The van der Waals surface area contributed by atoms with E-state index in [2.05, 4.69) is 64.9 Å². The van der Waals surface area contributed by atoms with E-state index in [0.717, 1.165) is 10.9 Å². The Morgan fingerprint density at radius 3 is 2.90 bits per heavy atom. The van der Waals surface area contributed by atoms with Crippen molar-refractivity contribution in [3.8, 4) is 0 Å². The summed E-state index contributed by atoms with van der Waals surface area (Å²) in [5.41, 5.74) is 5.12. The fraction of sp³-hybridized carbons (Fsp3) is 0.278. The molecule has 3 aromatic rings. The maximum Gasteiger partial charge on any atom is 0.0651 e. The first-order valence-electron chi connectivity index (χ1n) is 7.54. The number of benzene rings is 2. The van der Waals surface area contributed by atoms with Crippen molar-refractivity contribution in [3.63, 3.8) is 0 Å². The molecule has 1 aliphatic carbocycles. The summed E-state index contributed by atoms with van der Waals surface area (Å²) in [6.07, 6.45) is 4.30. The van der Waals surface area contributed by atoms with Crippen LogP contribution in [-0.2, 0) is 0 Å². The Hall–Kier alpha value is -2.29. The van der Waals surface area contributed by atoms with E-state index in [1.807, 2.05) is 6.20 Å². The maximum absolute atomic E-state index is 4.06. The van der Waals surface area contributed by atoms with Crippen LogP contribution in [0.1, 0.15) is 29.9 Å². The molecule has 0 radical (unpaired) electrons. The predicted molar refractivity (Wildman–Crippen MR) is 86.7 cm³/mol. The number of hydrogen-bond acceptors (Lipinski definition) is 2. The lowest BCUT2D eigenvalue weighted by atomic mass is 9.75. The van der Waals surface area contributed by atoms with Crippen LogP contribution >= 0.6 is 0 Å². The highest BCUT2D eigenvalue weighted by molar-refractivity contribution is 5.81. The van der Waals surface area contributed by atoms with Crippen molar-refractivity contribution in [3.05, 3.63) is 59.8 Å². The molecule has 1 heterocycles. The van der Waals surface area contributed by atoms with E-state index in [1.165, 1.54) is 29.7 Å². The monoisotopic (exact) mass is 277 g/mol. The molecule has 106 valence electrons. The number of hydrogen-bond donors (Lipinski definition) is 2. The van der Waals surface area contributed by atoms with Crippen molar-refractivity contribution in [2.24, 2.45) is 0 Å². The number of nitrogens with one attached hydrogen (secondary N) is 2. The molecular formula is C18H19N3. The van der Waals surface area contributed by atoms with Gasteiger partial charge < -0.3 is 5.32 Å². The Labute approximate surface area is 124 Å². The van der Waals surface area contributed by atoms with E-state index >= 15 is 0 Å². The van der Waals surface area contributed by atoms with Crippen LogP contribution in [0.3, 0.4) is 0 Å². The van der Waals surface area contributed by atoms with Gasteiger partial charge in [-0.2, -0.15) is 5.10 Å². The van der Waals surface area contributed by atoms with Gasteiger partial charge in [0, 0.05) is 17.1 Å². The van der Waals surface area contributed by atoms with Gasteiger partial charge in [-0.1, -0.05) is 29.8 Å². The highest BCUT2D eigenvalue weighted by atomic mass is 15.1. The third-order valence-electron chi connectivity index (χ3n) is 4.46. The number of H-pyrrole nitrogens is 1. The summed E-state index contributed by atoms with van der Waals surface area (Å²) in [5, 5.41) is 11.8. The van der Waals surface area contributed by atoms with Crippen LogP contribution in [0.2, 0.25) is 0 Å². The van der Waals surface area contributed by atoms with E-state index in [0.29, 0.717) is 12.0 Å². The van der Waals surface area contributed by atoms with Crippen LogP contribution in [0, 0.1) is 6.92 Å². The second-order valence-corrected chi connectivity index (χ2v) is 6.10. The number of aryl methyl sites for hydroxylation is 1. The molecule has 0 bridgehead atoms. The molecule has 0 amide bonds. The lowest BCUT2D eigenvalue weighted by Crippen LogP contribution is -2.33. The molecule has 0 spiro atoms. The highest BCUT2D eigenvalue weighted by Crippen LogP contribution is 2.38. The minimum Gasteiger partial charge on any atom is -0.382 e. The quantitative estimate of drug-likeness (QED) is 0.752. The number of aromatic nitrogens is 2. The van der Waals surface area contributed by atoms with Crippen molar-refractivity contribution < 1.29 is 0 Å². The summed E-state index contributed by atoms with van der Waals surface area (Å²) in [6, 6.07) is 15.9. The molecule has 1 fully saturated rings. The summed E-state index contributed by atoms with van der Waals surface area (Å²) < 4.78 is 0. The molecule has 0 unspecified atom stereocenters. The predicted octanol–water partition coefficient (Wildman–Crippen LogP) is 4.23. The van der Waals surface area contributed by atoms with Crippen LogP contribution in [0.5, 0.6) is 0 Å². The summed E-state index contributed by atoms with van der Waals surface area (Å²) >= 11 is 0. The van der Waals surface area contributed by atoms with Gasteiger partial charge >= 0.3 is 0 Å². The Kier molecular flexibility index (Phi) is 2.92. The molecule has 0 aliphatic heterocycles. The average Bonchev–Trinajstić information content (AvgIpc) is 2.89. The van der Waals surface area contributed by atoms with Gasteiger partial charge in [-0.3, -0.25) is 5.10 Å². The van der Waals surface area contributed by atoms with Gasteiger partial charge in [0.05, 0.1) is 11.7 Å². The maximum atomic E-state index is 4.06. The number of rotatable bonds is 3. The molecule has 3 heteroatoms. The van der Waals surface area contributed by atoms with Gasteiger partial charge in [0.1, 0.15) is 0 Å². The largest absolute Gasteiger partial charge is 0.382 e. The standard InChI is InChI=1S/C18H19N3/c1-12-3-2-4-13(7-12)14-8-17(9-14)20-16-5-6-18-15(10-16)11-19-21-18/h2-7,10-11,14,17,20H,8-9H2,1H3,(H,19,21). The van der Waals surface area contributed by atoms with Crippen LogP contribution in [0.25, 0.3) is 10.9 Å². The number of aromatic amines is 1. The lowest BCUT2D eigenvalue weighted by molar-refractivity contribution is 0.374. The fourth-order valence-corrected chi connectivity index (χ4v) is 3.20. The Balaban J connectivity index is 1.41. The van der Waals surface area contributed by atoms with E-state index in [9.17, 15) is 0 Å². The Morgan fingerprint density at radius 2 is 2.05 bits per heavy atom. The van der Waals surface area contributed by atoms with Gasteiger partial charge in [0.25, 0.3) is 0 Å². The molecule has 21 heavy (non-hydrogen) atoms. The highest BCUT2D eigenvalue weighted by Gasteiger charge is 2.30. The summed E-state index contributed by atoms with van der Waals surface area (Å²) in [7, 11) is 0.